The van der Waals surface area contributed by atoms with Crippen molar-refractivity contribution < 1.29 is 9.47 Å². The van der Waals surface area contributed by atoms with Crippen molar-refractivity contribution in [2.24, 2.45) is 0 Å². The van der Waals surface area contributed by atoms with Crippen LogP contribution in [0.25, 0.3) is 0 Å². The van der Waals surface area contributed by atoms with Gasteiger partial charge in [0.2, 0.25) is 5.79 Å². The van der Waals surface area contributed by atoms with E-state index in [4.69, 9.17) is 9.47 Å². The molecule has 0 aromatic heterocycles. The maximum atomic E-state index is 5.66. The van der Waals surface area contributed by atoms with Gasteiger partial charge in [0.05, 0.1) is 0 Å². The fourth-order valence-electron chi connectivity index (χ4n) is 1.22. The van der Waals surface area contributed by atoms with Crippen molar-refractivity contribution in [1.29, 1.82) is 0 Å². The molecule has 0 saturated carbocycles. The number of epoxide rings is 1. The maximum Gasteiger partial charge on any atom is 0.237 e. The van der Waals surface area contributed by atoms with Crippen LogP contribution in [0.4, 0.5) is 0 Å². The van der Waals surface area contributed by atoms with Gasteiger partial charge < -0.3 is 9.47 Å². The minimum absolute atomic E-state index is 0.414. The highest BCUT2D eigenvalue weighted by Crippen LogP contribution is 2.33. The van der Waals surface area contributed by atoms with Gasteiger partial charge in [-0.3, -0.25) is 0 Å². The summed E-state index contributed by atoms with van der Waals surface area (Å²) in [5, 5.41) is 0. The molecule has 2 rings (SSSR count). The lowest BCUT2D eigenvalue weighted by atomic mass is 10.2. The Morgan fingerprint density at radius 1 is 1.46 bits per heavy atom. The summed E-state index contributed by atoms with van der Waals surface area (Å²) in [5.41, 5.74) is 0. The molecule has 1 atom stereocenters. The summed E-state index contributed by atoms with van der Waals surface area (Å²) in [5.74, 6) is 0.435. The molecular weight excluding hydrogens is 164 g/mol. The SMILES string of the molecule is C=CCC1(Oc2ccccc2)CO1. The first-order valence-corrected chi connectivity index (χ1v) is 4.34. The Kier molecular flexibility index (Phi) is 2.07. The van der Waals surface area contributed by atoms with Gasteiger partial charge >= 0.3 is 0 Å². The lowest BCUT2D eigenvalue weighted by molar-refractivity contribution is 0.0650. The molecule has 1 fully saturated rings. The second-order valence-corrected chi connectivity index (χ2v) is 3.11. The normalized spacial score (nSPS) is 25.2. The van der Waals surface area contributed by atoms with Gasteiger partial charge in [-0.05, 0) is 12.1 Å². The second-order valence-electron chi connectivity index (χ2n) is 3.11. The molecule has 1 heterocycles. The van der Waals surface area contributed by atoms with Crippen molar-refractivity contribution >= 4 is 0 Å². The third kappa shape index (κ3) is 1.90. The number of hydrogen-bond donors (Lipinski definition) is 0. The molecule has 2 nitrogen and oxygen atoms in total. The van der Waals surface area contributed by atoms with Crippen molar-refractivity contribution in [3.05, 3.63) is 43.0 Å². The zero-order valence-electron chi connectivity index (χ0n) is 7.40. The van der Waals surface area contributed by atoms with Crippen LogP contribution in [0.5, 0.6) is 5.75 Å². The van der Waals surface area contributed by atoms with Crippen LogP contribution in [0.3, 0.4) is 0 Å². The highest BCUT2D eigenvalue weighted by atomic mass is 16.8. The molecule has 13 heavy (non-hydrogen) atoms. The van der Waals surface area contributed by atoms with Crippen LogP contribution in [-0.4, -0.2) is 12.4 Å². The van der Waals surface area contributed by atoms with Gasteiger partial charge in [-0.15, -0.1) is 6.58 Å². The van der Waals surface area contributed by atoms with E-state index < -0.39 is 5.79 Å². The zero-order chi connectivity index (χ0) is 9.15. The van der Waals surface area contributed by atoms with Crippen molar-refractivity contribution in [1.82, 2.24) is 0 Å². The zero-order valence-corrected chi connectivity index (χ0v) is 7.40. The number of rotatable bonds is 4. The highest BCUT2D eigenvalue weighted by molar-refractivity contribution is 5.22. The number of hydrogen-bond acceptors (Lipinski definition) is 2. The Bertz CT molecular complexity index is 288. The van der Waals surface area contributed by atoms with Crippen molar-refractivity contribution in [3.63, 3.8) is 0 Å². The smallest absolute Gasteiger partial charge is 0.237 e. The minimum Gasteiger partial charge on any atom is -0.459 e. The Labute approximate surface area is 77.8 Å². The second kappa shape index (κ2) is 3.23. The molecule has 68 valence electrons. The summed E-state index contributed by atoms with van der Waals surface area (Å²) in [7, 11) is 0. The van der Waals surface area contributed by atoms with E-state index in [9.17, 15) is 0 Å². The van der Waals surface area contributed by atoms with Crippen LogP contribution in [0, 0.1) is 0 Å². The third-order valence-electron chi connectivity index (χ3n) is 1.97. The fraction of sp³-hybridized carbons (Fsp3) is 0.273. The first kappa shape index (κ1) is 8.32. The summed E-state index contributed by atoms with van der Waals surface area (Å²) in [6.45, 7) is 4.33. The van der Waals surface area contributed by atoms with Crippen molar-refractivity contribution in [2.45, 2.75) is 12.2 Å². The van der Waals surface area contributed by atoms with Crippen LogP contribution in [-0.2, 0) is 4.74 Å². The van der Waals surface area contributed by atoms with Gasteiger partial charge in [-0.1, -0.05) is 24.3 Å². The van der Waals surface area contributed by atoms with Gasteiger partial charge in [0.15, 0.2) is 0 Å². The predicted octanol–water partition coefficient (Wildman–Crippen LogP) is 2.37. The van der Waals surface area contributed by atoms with Crippen molar-refractivity contribution in [3.8, 4) is 5.75 Å². The summed E-state index contributed by atoms with van der Waals surface area (Å²) in [6, 6.07) is 9.69. The fourth-order valence-corrected chi connectivity index (χ4v) is 1.22. The minimum atomic E-state index is -0.414. The molecule has 0 aliphatic carbocycles. The van der Waals surface area contributed by atoms with E-state index in [-0.39, 0.29) is 0 Å². The molecule has 0 radical (unpaired) electrons. The van der Waals surface area contributed by atoms with E-state index in [1.165, 1.54) is 0 Å². The van der Waals surface area contributed by atoms with E-state index in [2.05, 4.69) is 6.58 Å². The number of para-hydroxylation sites is 1. The standard InChI is InChI=1S/C11H12O2/c1-2-8-11(9-12-11)13-10-6-4-3-5-7-10/h2-7H,1,8-9H2. The highest BCUT2D eigenvalue weighted by Gasteiger charge is 2.46. The Balaban J connectivity index is 2.02. The number of benzene rings is 1. The molecule has 0 amide bonds. The lowest BCUT2D eigenvalue weighted by Crippen LogP contribution is -2.18. The van der Waals surface area contributed by atoms with E-state index in [1.807, 2.05) is 36.4 Å². The van der Waals surface area contributed by atoms with E-state index in [0.717, 1.165) is 12.2 Å². The quantitative estimate of drug-likeness (QED) is 0.519. The molecular formula is C11H12O2. The van der Waals surface area contributed by atoms with Crippen molar-refractivity contribution in [2.75, 3.05) is 6.61 Å². The first-order valence-electron chi connectivity index (χ1n) is 4.34. The maximum absolute atomic E-state index is 5.66. The van der Waals surface area contributed by atoms with Gasteiger partial charge in [-0.2, -0.15) is 0 Å². The molecule has 0 N–H and O–H groups in total. The average Bonchev–Trinajstić information content (AvgIpc) is 2.87. The van der Waals surface area contributed by atoms with E-state index in [1.54, 1.807) is 0 Å². The lowest BCUT2D eigenvalue weighted by Gasteiger charge is -2.12. The van der Waals surface area contributed by atoms with Crippen LogP contribution in [0.15, 0.2) is 43.0 Å². The molecule has 2 heteroatoms. The van der Waals surface area contributed by atoms with E-state index >= 15 is 0 Å². The third-order valence-corrected chi connectivity index (χ3v) is 1.97. The Morgan fingerprint density at radius 2 is 2.15 bits per heavy atom. The number of ether oxygens (including phenoxy) is 2. The van der Waals surface area contributed by atoms with Gasteiger partial charge in [0.1, 0.15) is 12.4 Å². The summed E-state index contributed by atoms with van der Waals surface area (Å²) in [4.78, 5) is 0. The summed E-state index contributed by atoms with van der Waals surface area (Å²) in [6.07, 6.45) is 2.55. The van der Waals surface area contributed by atoms with E-state index in [0.29, 0.717) is 6.61 Å². The largest absolute Gasteiger partial charge is 0.459 e. The van der Waals surface area contributed by atoms with Gasteiger partial charge in [-0.25, -0.2) is 0 Å². The van der Waals surface area contributed by atoms with Crippen LogP contribution >= 0.6 is 0 Å². The van der Waals surface area contributed by atoms with Crippen LogP contribution < -0.4 is 4.74 Å². The van der Waals surface area contributed by atoms with Crippen LogP contribution in [0.2, 0.25) is 0 Å². The molecule has 1 unspecified atom stereocenters. The molecule has 0 spiro atoms. The molecule has 1 aromatic rings. The monoisotopic (exact) mass is 176 g/mol. The van der Waals surface area contributed by atoms with Gasteiger partial charge in [0, 0.05) is 6.42 Å². The molecule has 0 bridgehead atoms. The molecule has 1 aliphatic rings. The Hall–Kier alpha value is -1.28. The topological polar surface area (TPSA) is 21.8 Å². The molecule has 1 aliphatic heterocycles. The predicted molar refractivity (Wildman–Crippen MR) is 50.6 cm³/mol. The molecule has 1 saturated heterocycles. The average molecular weight is 176 g/mol. The Morgan fingerprint density at radius 3 is 2.69 bits per heavy atom. The first-order chi connectivity index (χ1) is 6.35. The molecule has 1 aromatic carbocycles. The summed E-state index contributed by atoms with van der Waals surface area (Å²) >= 11 is 0. The summed E-state index contributed by atoms with van der Waals surface area (Å²) < 4.78 is 10.9. The van der Waals surface area contributed by atoms with Crippen LogP contribution in [0.1, 0.15) is 6.42 Å². The van der Waals surface area contributed by atoms with Gasteiger partial charge in [0.25, 0.3) is 0 Å².